The van der Waals surface area contributed by atoms with Crippen LogP contribution in [-0.4, -0.2) is 38.5 Å². The fourth-order valence-electron chi connectivity index (χ4n) is 2.87. The van der Waals surface area contributed by atoms with Crippen LogP contribution in [0.1, 0.15) is 11.4 Å². The van der Waals surface area contributed by atoms with Gasteiger partial charge in [0.2, 0.25) is 5.91 Å². The minimum Gasteiger partial charge on any atom is -0.497 e. The molecule has 2 aromatic heterocycles. The molecule has 0 atom stereocenters. The number of aromatic nitrogens is 4. The molecule has 4 rings (SSSR count). The third kappa shape index (κ3) is 4.25. The number of fused-ring (bicyclic) bond motifs is 1. The van der Waals surface area contributed by atoms with Gasteiger partial charge in [-0.25, -0.2) is 4.98 Å². The van der Waals surface area contributed by atoms with Crippen LogP contribution in [0.4, 0.5) is 5.13 Å². The molecule has 2 aromatic carbocycles. The number of nitrogens with one attached hydrogen (secondary N) is 1. The lowest BCUT2D eigenvalue weighted by atomic mass is 10.2. The van der Waals surface area contributed by atoms with Crippen LogP contribution < -0.4 is 10.1 Å². The molecule has 0 saturated carbocycles. The zero-order chi connectivity index (χ0) is 20.4. The number of amides is 1. The number of hydrogen-bond acceptors (Lipinski definition) is 7. The van der Waals surface area contributed by atoms with Gasteiger partial charge in [0.15, 0.2) is 10.3 Å². The molecule has 7 nitrogen and oxygen atoms in total. The molecule has 0 aliphatic heterocycles. The Morgan fingerprint density at radius 3 is 2.86 bits per heavy atom. The molecular formula is C20H19N5O2S2. The Labute approximate surface area is 176 Å². The average Bonchev–Trinajstić information content (AvgIpc) is 3.28. The van der Waals surface area contributed by atoms with Crippen molar-refractivity contribution in [1.82, 2.24) is 19.7 Å². The predicted molar refractivity (Wildman–Crippen MR) is 116 cm³/mol. The first-order chi connectivity index (χ1) is 14.0. The van der Waals surface area contributed by atoms with E-state index in [1.54, 1.807) is 7.11 Å². The highest BCUT2D eigenvalue weighted by atomic mass is 32.2. The van der Waals surface area contributed by atoms with Gasteiger partial charge < -0.3 is 10.1 Å². The van der Waals surface area contributed by atoms with E-state index < -0.39 is 0 Å². The van der Waals surface area contributed by atoms with Crippen LogP contribution in [0, 0.1) is 13.8 Å². The van der Waals surface area contributed by atoms with Gasteiger partial charge in [-0.3, -0.25) is 9.36 Å². The summed E-state index contributed by atoms with van der Waals surface area (Å²) in [7, 11) is 1.62. The molecule has 4 aromatic rings. The van der Waals surface area contributed by atoms with Crippen LogP contribution in [-0.2, 0) is 4.79 Å². The predicted octanol–water partition coefficient (Wildman–Crippen LogP) is 4.23. The van der Waals surface area contributed by atoms with E-state index in [1.165, 1.54) is 23.1 Å². The summed E-state index contributed by atoms with van der Waals surface area (Å²) in [6.07, 6.45) is 0. The third-order valence-electron chi connectivity index (χ3n) is 4.23. The molecule has 0 saturated heterocycles. The second-order valence-electron chi connectivity index (χ2n) is 6.39. The normalized spacial score (nSPS) is 11.0. The second-order valence-corrected chi connectivity index (χ2v) is 8.37. The topological polar surface area (TPSA) is 81.9 Å². The smallest absolute Gasteiger partial charge is 0.236 e. The fraction of sp³-hybridized carbons (Fsp3) is 0.200. The number of hydrogen-bond donors (Lipinski definition) is 1. The van der Waals surface area contributed by atoms with Gasteiger partial charge in [-0.05, 0) is 49.7 Å². The summed E-state index contributed by atoms with van der Waals surface area (Å²) in [5.74, 6) is 1.61. The highest BCUT2D eigenvalue weighted by molar-refractivity contribution is 7.99. The van der Waals surface area contributed by atoms with Gasteiger partial charge in [0, 0.05) is 5.69 Å². The lowest BCUT2D eigenvalue weighted by molar-refractivity contribution is -0.113. The lowest BCUT2D eigenvalue weighted by Gasteiger charge is -2.09. The largest absolute Gasteiger partial charge is 0.497 e. The van der Waals surface area contributed by atoms with Crippen LogP contribution in [0.15, 0.2) is 47.6 Å². The first-order valence-corrected chi connectivity index (χ1v) is 10.7. The van der Waals surface area contributed by atoms with Crippen molar-refractivity contribution in [2.75, 3.05) is 18.2 Å². The van der Waals surface area contributed by atoms with E-state index in [2.05, 4.69) is 26.6 Å². The second kappa shape index (κ2) is 8.22. The maximum Gasteiger partial charge on any atom is 0.236 e. The zero-order valence-corrected chi connectivity index (χ0v) is 17.8. The molecule has 2 heterocycles. The molecule has 0 spiro atoms. The molecule has 9 heteroatoms. The molecule has 1 amide bonds. The van der Waals surface area contributed by atoms with E-state index in [0.717, 1.165) is 33.0 Å². The Morgan fingerprint density at radius 1 is 1.21 bits per heavy atom. The van der Waals surface area contributed by atoms with Gasteiger partial charge in [-0.1, -0.05) is 35.2 Å². The molecule has 0 radical (unpaired) electrons. The van der Waals surface area contributed by atoms with Gasteiger partial charge in [-0.15, -0.1) is 10.2 Å². The number of carbonyl (C=O) groups is 1. The van der Waals surface area contributed by atoms with E-state index in [0.29, 0.717) is 10.3 Å². The molecule has 148 valence electrons. The summed E-state index contributed by atoms with van der Waals surface area (Å²) in [6.45, 7) is 3.94. The third-order valence-corrected chi connectivity index (χ3v) is 6.09. The van der Waals surface area contributed by atoms with Crippen molar-refractivity contribution < 1.29 is 9.53 Å². The number of anilines is 1. The summed E-state index contributed by atoms with van der Waals surface area (Å²) in [6, 6.07) is 13.7. The first kappa shape index (κ1) is 19.4. The van der Waals surface area contributed by atoms with Crippen molar-refractivity contribution in [3.63, 3.8) is 0 Å². The van der Waals surface area contributed by atoms with E-state index in [1.807, 2.05) is 54.8 Å². The molecule has 1 N–H and O–H groups in total. The molecule has 0 aliphatic rings. The number of benzene rings is 2. The van der Waals surface area contributed by atoms with Crippen molar-refractivity contribution in [2.45, 2.75) is 19.0 Å². The monoisotopic (exact) mass is 425 g/mol. The standard InChI is InChI=1S/C20H19N5O2S2/c1-12-5-4-6-14(9-12)25-13(2)23-24-20(25)28-11-18(26)22-19-21-16-8-7-15(27-3)10-17(16)29-19/h4-10H,11H2,1-3H3,(H,21,22,26). The van der Waals surface area contributed by atoms with Crippen molar-refractivity contribution in [2.24, 2.45) is 0 Å². The van der Waals surface area contributed by atoms with E-state index in [-0.39, 0.29) is 11.7 Å². The molecular weight excluding hydrogens is 406 g/mol. The number of carbonyl (C=O) groups excluding carboxylic acids is 1. The Morgan fingerprint density at radius 2 is 2.07 bits per heavy atom. The summed E-state index contributed by atoms with van der Waals surface area (Å²) in [5, 5.41) is 12.5. The van der Waals surface area contributed by atoms with E-state index >= 15 is 0 Å². The minimum atomic E-state index is -0.141. The van der Waals surface area contributed by atoms with Gasteiger partial charge in [0.25, 0.3) is 0 Å². The first-order valence-electron chi connectivity index (χ1n) is 8.90. The SMILES string of the molecule is COc1ccc2nc(NC(=O)CSc3nnc(C)n3-c3cccc(C)c3)sc2c1. The van der Waals surface area contributed by atoms with Crippen molar-refractivity contribution in [1.29, 1.82) is 0 Å². The number of thioether (sulfide) groups is 1. The van der Waals surface area contributed by atoms with E-state index in [4.69, 9.17) is 4.74 Å². The van der Waals surface area contributed by atoms with Crippen LogP contribution in [0.25, 0.3) is 15.9 Å². The Bertz CT molecular complexity index is 1180. The number of aryl methyl sites for hydroxylation is 2. The number of nitrogens with zero attached hydrogens (tertiary/aromatic N) is 4. The summed E-state index contributed by atoms with van der Waals surface area (Å²) < 4.78 is 8.14. The van der Waals surface area contributed by atoms with E-state index in [9.17, 15) is 4.79 Å². The zero-order valence-electron chi connectivity index (χ0n) is 16.2. The number of ether oxygens (including phenoxy) is 1. The quantitative estimate of drug-likeness (QED) is 0.466. The Kier molecular flexibility index (Phi) is 5.50. The summed E-state index contributed by atoms with van der Waals surface area (Å²) in [4.78, 5) is 16.9. The molecule has 29 heavy (non-hydrogen) atoms. The van der Waals surface area contributed by atoms with Gasteiger partial charge in [0.05, 0.1) is 23.1 Å². The highest BCUT2D eigenvalue weighted by Gasteiger charge is 2.15. The molecule has 0 fully saturated rings. The number of rotatable bonds is 6. The van der Waals surface area contributed by atoms with Crippen molar-refractivity contribution in [3.05, 3.63) is 53.9 Å². The molecule has 0 unspecified atom stereocenters. The lowest BCUT2D eigenvalue weighted by Crippen LogP contribution is -2.14. The van der Waals surface area contributed by atoms with Crippen LogP contribution in [0.3, 0.4) is 0 Å². The van der Waals surface area contributed by atoms with Crippen LogP contribution in [0.2, 0.25) is 0 Å². The number of methoxy groups -OCH3 is 1. The summed E-state index contributed by atoms with van der Waals surface area (Å²) >= 11 is 2.76. The minimum absolute atomic E-state index is 0.141. The summed E-state index contributed by atoms with van der Waals surface area (Å²) in [5.41, 5.74) is 2.96. The van der Waals surface area contributed by atoms with Crippen LogP contribution >= 0.6 is 23.1 Å². The van der Waals surface area contributed by atoms with Gasteiger partial charge in [-0.2, -0.15) is 0 Å². The maximum absolute atomic E-state index is 12.4. The average molecular weight is 426 g/mol. The van der Waals surface area contributed by atoms with Crippen molar-refractivity contribution in [3.8, 4) is 11.4 Å². The highest BCUT2D eigenvalue weighted by Crippen LogP contribution is 2.29. The van der Waals surface area contributed by atoms with Crippen molar-refractivity contribution >= 4 is 44.4 Å². The molecule has 0 bridgehead atoms. The Hall–Kier alpha value is -2.91. The van der Waals surface area contributed by atoms with Gasteiger partial charge in [0.1, 0.15) is 11.6 Å². The van der Waals surface area contributed by atoms with Gasteiger partial charge >= 0.3 is 0 Å². The Balaban J connectivity index is 1.45. The van der Waals surface area contributed by atoms with Crippen LogP contribution in [0.5, 0.6) is 5.75 Å². The molecule has 0 aliphatic carbocycles. The number of thiazole rings is 1. The maximum atomic E-state index is 12.4. The fourth-order valence-corrected chi connectivity index (χ4v) is 4.58.